The van der Waals surface area contributed by atoms with Crippen molar-refractivity contribution in [3.8, 4) is 11.1 Å². The van der Waals surface area contributed by atoms with Crippen LogP contribution in [0.2, 0.25) is 0 Å². The topological polar surface area (TPSA) is 15.8 Å². The molecule has 0 saturated carbocycles. The van der Waals surface area contributed by atoms with Gasteiger partial charge in [-0.15, -0.1) is 0 Å². The van der Waals surface area contributed by atoms with E-state index in [1.54, 1.807) is 0 Å². The van der Waals surface area contributed by atoms with Gasteiger partial charge in [-0.3, -0.25) is 0 Å². The van der Waals surface area contributed by atoms with Crippen molar-refractivity contribution < 1.29 is 0 Å². The van der Waals surface area contributed by atoms with E-state index >= 15 is 0 Å². The second-order valence-electron chi connectivity index (χ2n) is 12.0. The van der Waals surface area contributed by atoms with Gasteiger partial charge in [0.15, 0.2) is 0 Å². The van der Waals surface area contributed by atoms with Gasteiger partial charge in [0.05, 0.1) is 5.41 Å². The van der Waals surface area contributed by atoms with Crippen molar-refractivity contribution in [1.29, 1.82) is 0 Å². The number of nitrogens with one attached hydrogen (secondary N) is 1. The molecule has 0 fully saturated rings. The third-order valence-corrected chi connectivity index (χ3v) is 9.55. The van der Waals surface area contributed by atoms with Gasteiger partial charge in [-0.05, 0) is 81.3 Å². The largest absolute Gasteiger partial charge is 0.355 e. The maximum atomic E-state index is 3.70. The monoisotopic (exact) mass is 471 g/mol. The summed E-state index contributed by atoms with van der Waals surface area (Å²) in [6.45, 7) is 14.2. The lowest BCUT2D eigenvalue weighted by Crippen LogP contribution is -2.42. The molecule has 0 atom stereocenters. The first-order valence-electron chi connectivity index (χ1n) is 13.5. The van der Waals surface area contributed by atoms with E-state index in [1.807, 2.05) is 0 Å². The summed E-state index contributed by atoms with van der Waals surface area (Å²) in [6, 6.07) is 32.3. The Balaban J connectivity index is 1.70. The third-order valence-electron chi connectivity index (χ3n) is 9.55. The lowest BCUT2D eigenvalue weighted by Gasteiger charge is -2.46. The number of H-pyrrole nitrogens is 1. The van der Waals surface area contributed by atoms with Crippen molar-refractivity contribution in [2.24, 2.45) is 5.41 Å². The number of hydrogen-bond acceptors (Lipinski definition) is 0. The minimum absolute atomic E-state index is 0.0187. The van der Waals surface area contributed by atoms with Crippen molar-refractivity contribution in [3.05, 3.63) is 107 Å². The fraction of sp³-hybridized carbons (Fsp3) is 0.314. The average Bonchev–Trinajstić information content (AvgIpc) is 3.42. The summed E-state index contributed by atoms with van der Waals surface area (Å²) >= 11 is 0. The molecule has 1 aliphatic carbocycles. The molecule has 0 radical (unpaired) electrons. The molecule has 1 N–H and O–H groups in total. The highest BCUT2D eigenvalue weighted by Crippen LogP contribution is 2.61. The van der Waals surface area contributed by atoms with Crippen LogP contribution in [0.25, 0.3) is 32.9 Å². The van der Waals surface area contributed by atoms with E-state index in [-0.39, 0.29) is 16.2 Å². The van der Waals surface area contributed by atoms with Crippen molar-refractivity contribution in [2.75, 3.05) is 0 Å². The van der Waals surface area contributed by atoms with Crippen molar-refractivity contribution in [3.63, 3.8) is 0 Å². The third kappa shape index (κ3) is 2.95. The normalized spacial score (nSPS) is 14.8. The van der Waals surface area contributed by atoms with E-state index in [0.717, 1.165) is 12.8 Å². The second-order valence-corrected chi connectivity index (χ2v) is 12.0. The first kappa shape index (κ1) is 23.1. The molecular weight excluding hydrogens is 434 g/mol. The van der Waals surface area contributed by atoms with Crippen molar-refractivity contribution >= 4 is 21.8 Å². The molecule has 5 aromatic rings. The van der Waals surface area contributed by atoms with Crippen LogP contribution in [0, 0.1) is 5.41 Å². The molecule has 0 amide bonds. The zero-order valence-electron chi connectivity index (χ0n) is 22.5. The highest BCUT2D eigenvalue weighted by molar-refractivity contribution is 6.08. The van der Waals surface area contributed by atoms with Crippen LogP contribution in [-0.2, 0) is 10.8 Å². The Morgan fingerprint density at radius 1 is 0.639 bits per heavy atom. The van der Waals surface area contributed by atoms with E-state index in [2.05, 4.69) is 131 Å². The lowest BCUT2D eigenvalue weighted by atomic mass is 9.56. The highest BCUT2D eigenvalue weighted by Gasteiger charge is 2.53. The van der Waals surface area contributed by atoms with Gasteiger partial charge in [-0.25, -0.2) is 0 Å². The molecule has 0 spiro atoms. The Kier molecular flexibility index (Phi) is 5.03. The Morgan fingerprint density at radius 3 is 1.78 bits per heavy atom. The molecule has 0 unspecified atom stereocenters. The minimum atomic E-state index is -0.215. The van der Waals surface area contributed by atoms with Crippen molar-refractivity contribution in [1.82, 2.24) is 4.98 Å². The molecule has 1 nitrogen and oxygen atoms in total. The minimum Gasteiger partial charge on any atom is -0.355 e. The molecule has 6 rings (SSSR count). The molecular formula is C35H37N. The molecule has 36 heavy (non-hydrogen) atoms. The maximum absolute atomic E-state index is 3.70. The summed E-state index contributed by atoms with van der Waals surface area (Å²) in [7, 11) is 0. The van der Waals surface area contributed by atoms with Gasteiger partial charge in [0.25, 0.3) is 0 Å². The van der Waals surface area contributed by atoms with Crippen LogP contribution in [0.5, 0.6) is 0 Å². The number of fused-ring (bicyclic) bond motifs is 6. The average molecular weight is 472 g/mol. The predicted molar refractivity (Wildman–Crippen MR) is 155 cm³/mol. The van der Waals surface area contributed by atoms with Crippen LogP contribution in [0.1, 0.15) is 76.6 Å². The number of aromatic nitrogens is 1. The smallest absolute Gasteiger partial charge is 0.0514 e. The zero-order valence-corrected chi connectivity index (χ0v) is 22.5. The molecule has 0 aliphatic heterocycles. The number of aromatic amines is 1. The van der Waals surface area contributed by atoms with Crippen molar-refractivity contribution in [2.45, 2.75) is 65.2 Å². The number of rotatable bonds is 5. The van der Waals surface area contributed by atoms with E-state index in [0.29, 0.717) is 0 Å². The van der Waals surface area contributed by atoms with Crippen LogP contribution >= 0.6 is 0 Å². The number of hydrogen-bond donors (Lipinski definition) is 1. The van der Waals surface area contributed by atoms with Crippen LogP contribution in [0.3, 0.4) is 0 Å². The van der Waals surface area contributed by atoms with Gasteiger partial charge in [0.1, 0.15) is 0 Å². The molecule has 182 valence electrons. The first-order valence-corrected chi connectivity index (χ1v) is 13.5. The van der Waals surface area contributed by atoms with Gasteiger partial charge in [0.2, 0.25) is 0 Å². The Morgan fingerprint density at radius 2 is 1.19 bits per heavy atom. The standard InChI is InChI=1S/C35H37N/c1-7-33(3,4)23-17-19-31-27(21-23)28-22-24(18-20-32(28)36-31)35(34(5,6)8-2)29-15-11-9-13-25(29)26-14-10-12-16-30(26)35/h9-22,36H,7-8H2,1-6H3. The van der Waals surface area contributed by atoms with Gasteiger partial charge in [-0.2, -0.15) is 0 Å². The Labute approximate surface area is 215 Å². The van der Waals surface area contributed by atoms with Crippen LogP contribution in [-0.4, -0.2) is 4.98 Å². The predicted octanol–water partition coefficient (Wildman–Crippen LogP) is 9.76. The Hall–Kier alpha value is -3.32. The van der Waals surface area contributed by atoms with E-state index in [1.165, 1.54) is 55.2 Å². The summed E-state index contributed by atoms with van der Waals surface area (Å²) in [5.74, 6) is 0. The second kappa shape index (κ2) is 7.84. The summed E-state index contributed by atoms with van der Waals surface area (Å²) in [5, 5.41) is 2.65. The van der Waals surface area contributed by atoms with Gasteiger partial charge in [-0.1, -0.05) is 102 Å². The first-order chi connectivity index (χ1) is 17.2. The zero-order chi connectivity index (χ0) is 25.3. The summed E-state index contributed by atoms with van der Waals surface area (Å²) in [6.07, 6.45) is 2.20. The van der Waals surface area contributed by atoms with E-state index in [4.69, 9.17) is 0 Å². The number of benzene rings is 4. The lowest BCUT2D eigenvalue weighted by molar-refractivity contribution is 0.235. The molecule has 1 heteroatoms. The summed E-state index contributed by atoms with van der Waals surface area (Å²) < 4.78 is 0. The highest BCUT2D eigenvalue weighted by atomic mass is 14.7. The van der Waals surface area contributed by atoms with Crippen LogP contribution in [0.4, 0.5) is 0 Å². The van der Waals surface area contributed by atoms with Gasteiger partial charge < -0.3 is 4.98 Å². The molecule has 1 aromatic heterocycles. The molecule has 0 saturated heterocycles. The summed E-state index contributed by atoms with van der Waals surface area (Å²) in [4.78, 5) is 3.70. The maximum Gasteiger partial charge on any atom is 0.0514 e. The Bertz CT molecular complexity index is 1570. The SMILES string of the molecule is CCC(C)(C)c1ccc2[nH]c3ccc(C4(C(C)(C)CC)c5ccccc5-c5ccccc54)cc3c2c1. The quantitative estimate of drug-likeness (QED) is 0.262. The van der Waals surface area contributed by atoms with Gasteiger partial charge >= 0.3 is 0 Å². The van der Waals surface area contributed by atoms with Gasteiger partial charge in [0, 0.05) is 21.8 Å². The fourth-order valence-electron chi connectivity index (χ4n) is 6.69. The molecule has 1 aliphatic rings. The molecule has 0 bridgehead atoms. The van der Waals surface area contributed by atoms with E-state index in [9.17, 15) is 0 Å². The molecule has 4 aromatic carbocycles. The fourth-order valence-corrected chi connectivity index (χ4v) is 6.69. The van der Waals surface area contributed by atoms with Crippen LogP contribution in [0.15, 0.2) is 84.9 Å². The van der Waals surface area contributed by atoms with Crippen LogP contribution < -0.4 is 0 Å². The van der Waals surface area contributed by atoms with E-state index < -0.39 is 0 Å². The molecule has 1 heterocycles. The summed E-state index contributed by atoms with van der Waals surface area (Å²) in [5.41, 5.74) is 10.8.